The van der Waals surface area contributed by atoms with E-state index in [1.165, 1.54) is 0 Å². The van der Waals surface area contributed by atoms with E-state index in [2.05, 4.69) is 32.6 Å². The van der Waals surface area contributed by atoms with Gasteiger partial charge in [-0.2, -0.15) is 0 Å². The average molecular weight is 496 g/mol. The van der Waals surface area contributed by atoms with E-state index in [9.17, 15) is 4.79 Å². The minimum Gasteiger partial charge on any atom is -0.336 e. The number of nitrogens with zero attached hydrogens (tertiary/aromatic N) is 5. The van der Waals surface area contributed by atoms with Crippen LogP contribution in [0.25, 0.3) is 32.9 Å². The Hall–Kier alpha value is -3.88. The minimum atomic E-state index is -0.00875. The summed E-state index contributed by atoms with van der Waals surface area (Å²) in [5, 5.41) is 7.95. The molecule has 0 saturated carbocycles. The average Bonchev–Trinajstić information content (AvgIpc) is 3.56. The molecule has 6 rings (SSSR count). The van der Waals surface area contributed by atoms with Crippen LogP contribution in [0.1, 0.15) is 21.7 Å². The molecular formula is C28H25N5O2S. The molecule has 1 aliphatic heterocycles. The predicted molar refractivity (Wildman–Crippen MR) is 141 cm³/mol. The molecule has 0 unspecified atom stereocenters. The molecule has 36 heavy (non-hydrogen) atoms. The van der Waals surface area contributed by atoms with Gasteiger partial charge in [0, 0.05) is 49.2 Å². The summed E-state index contributed by atoms with van der Waals surface area (Å²) in [6.45, 7) is 5.54. The molecule has 0 atom stereocenters. The highest BCUT2D eigenvalue weighted by molar-refractivity contribution is 7.13. The van der Waals surface area contributed by atoms with Crippen molar-refractivity contribution in [3.8, 4) is 21.8 Å². The van der Waals surface area contributed by atoms with Gasteiger partial charge in [0.15, 0.2) is 0 Å². The number of aryl methyl sites for hydroxylation is 1. The van der Waals surface area contributed by atoms with Gasteiger partial charge in [-0.05, 0) is 13.0 Å². The molecule has 0 aliphatic carbocycles. The van der Waals surface area contributed by atoms with Crippen molar-refractivity contribution in [2.75, 3.05) is 26.2 Å². The molecule has 7 nitrogen and oxygen atoms in total. The van der Waals surface area contributed by atoms with Gasteiger partial charge in [0.25, 0.3) is 11.6 Å². The zero-order chi connectivity index (χ0) is 24.5. The van der Waals surface area contributed by atoms with Crippen LogP contribution >= 0.6 is 11.3 Å². The van der Waals surface area contributed by atoms with Crippen LogP contribution in [0, 0.1) is 6.92 Å². The molecule has 0 N–H and O–H groups in total. The van der Waals surface area contributed by atoms with E-state index in [1.807, 2.05) is 66.4 Å². The van der Waals surface area contributed by atoms with Gasteiger partial charge in [0.05, 0.1) is 28.0 Å². The van der Waals surface area contributed by atoms with Crippen molar-refractivity contribution in [2.45, 2.75) is 13.5 Å². The molecule has 3 aromatic heterocycles. The molecule has 1 amide bonds. The molecule has 180 valence electrons. The van der Waals surface area contributed by atoms with Gasteiger partial charge < -0.3 is 9.42 Å². The van der Waals surface area contributed by atoms with Gasteiger partial charge in [-0.15, -0.1) is 11.3 Å². The number of benzene rings is 2. The fourth-order valence-corrected chi connectivity index (χ4v) is 5.44. The maximum atomic E-state index is 13.7. The van der Waals surface area contributed by atoms with E-state index in [1.54, 1.807) is 11.3 Å². The normalized spacial score (nSPS) is 14.4. The SMILES string of the molecule is Cc1noc2nc(-c3ccccc3)cc(C(=O)N3CCN(Cc4csc(-c5ccccc5)n4)CC3)c12. The van der Waals surface area contributed by atoms with Crippen molar-refractivity contribution in [3.63, 3.8) is 0 Å². The highest BCUT2D eigenvalue weighted by atomic mass is 32.1. The molecule has 8 heteroatoms. The molecule has 1 fully saturated rings. The summed E-state index contributed by atoms with van der Waals surface area (Å²) in [6.07, 6.45) is 0. The first-order chi connectivity index (χ1) is 17.7. The lowest BCUT2D eigenvalue weighted by Gasteiger charge is -2.34. The molecule has 0 spiro atoms. The summed E-state index contributed by atoms with van der Waals surface area (Å²) in [5.41, 5.74) is 5.53. The molecule has 1 saturated heterocycles. The van der Waals surface area contributed by atoms with E-state index in [0.29, 0.717) is 41.1 Å². The maximum Gasteiger partial charge on any atom is 0.259 e. The maximum absolute atomic E-state index is 13.7. The van der Waals surface area contributed by atoms with E-state index in [-0.39, 0.29) is 5.91 Å². The van der Waals surface area contributed by atoms with E-state index in [0.717, 1.165) is 41.5 Å². The van der Waals surface area contributed by atoms with Gasteiger partial charge in [0.1, 0.15) is 5.01 Å². The second-order valence-corrected chi connectivity index (χ2v) is 9.81. The highest BCUT2D eigenvalue weighted by Gasteiger charge is 2.27. The number of carbonyl (C=O) groups excluding carboxylic acids is 1. The van der Waals surface area contributed by atoms with Crippen LogP contribution in [0.15, 0.2) is 76.6 Å². The third-order valence-corrected chi connectivity index (χ3v) is 7.47. The van der Waals surface area contributed by atoms with Crippen molar-refractivity contribution in [2.24, 2.45) is 0 Å². The van der Waals surface area contributed by atoms with Crippen LogP contribution in [0.4, 0.5) is 0 Å². The Labute approximate surface area is 213 Å². The Morgan fingerprint density at radius 3 is 2.36 bits per heavy atom. The molecule has 0 bridgehead atoms. The smallest absolute Gasteiger partial charge is 0.259 e. The first kappa shape index (κ1) is 22.6. The first-order valence-corrected chi connectivity index (χ1v) is 12.9. The molecule has 4 heterocycles. The third-order valence-electron chi connectivity index (χ3n) is 6.53. The van der Waals surface area contributed by atoms with Gasteiger partial charge in [0.2, 0.25) is 0 Å². The van der Waals surface area contributed by atoms with Crippen LogP contribution in [0.2, 0.25) is 0 Å². The molecule has 2 aromatic carbocycles. The van der Waals surface area contributed by atoms with Crippen molar-refractivity contribution in [1.29, 1.82) is 0 Å². The third kappa shape index (κ3) is 4.41. The lowest BCUT2D eigenvalue weighted by Crippen LogP contribution is -2.48. The van der Waals surface area contributed by atoms with E-state index in [4.69, 9.17) is 9.51 Å². The van der Waals surface area contributed by atoms with E-state index >= 15 is 0 Å². The van der Waals surface area contributed by atoms with Crippen LogP contribution in [-0.2, 0) is 6.54 Å². The summed E-state index contributed by atoms with van der Waals surface area (Å²) >= 11 is 1.67. The van der Waals surface area contributed by atoms with Crippen molar-refractivity contribution in [1.82, 2.24) is 24.9 Å². The Balaban J connectivity index is 1.17. The van der Waals surface area contributed by atoms with Gasteiger partial charge in [-0.1, -0.05) is 65.8 Å². The Bertz CT molecular complexity index is 1510. The number of fused-ring (bicyclic) bond motifs is 1. The minimum absolute atomic E-state index is 0.00875. The summed E-state index contributed by atoms with van der Waals surface area (Å²) in [4.78, 5) is 27.4. The number of thiazole rings is 1. The largest absolute Gasteiger partial charge is 0.336 e. The summed E-state index contributed by atoms with van der Waals surface area (Å²) < 4.78 is 5.46. The lowest BCUT2D eigenvalue weighted by atomic mass is 10.0. The first-order valence-electron chi connectivity index (χ1n) is 12.0. The second-order valence-electron chi connectivity index (χ2n) is 8.95. The number of pyridine rings is 1. The molecule has 5 aromatic rings. The lowest BCUT2D eigenvalue weighted by molar-refractivity contribution is 0.0629. The second kappa shape index (κ2) is 9.64. The van der Waals surface area contributed by atoms with Crippen LogP contribution in [0.5, 0.6) is 0 Å². The van der Waals surface area contributed by atoms with Gasteiger partial charge >= 0.3 is 0 Å². The number of hydrogen-bond donors (Lipinski definition) is 0. The van der Waals surface area contributed by atoms with Crippen molar-refractivity contribution < 1.29 is 9.32 Å². The number of rotatable bonds is 5. The molecule has 0 radical (unpaired) electrons. The van der Waals surface area contributed by atoms with Crippen LogP contribution < -0.4 is 0 Å². The molecule has 1 aliphatic rings. The summed E-state index contributed by atoms with van der Waals surface area (Å²) in [6, 6.07) is 22.0. The number of carbonyl (C=O) groups is 1. The van der Waals surface area contributed by atoms with Crippen molar-refractivity contribution in [3.05, 3.63) is 89.1 Å². The molecular weight excluding hydrogens is 470 g/mol. The van der Waals surface area contributed by atoms with Crippen LogP contribution in [0.3, 0.4) is 0 Å². The Kier molecular flexibility index (Phi) is 6.04. The van der Waals surface area contributed by atoms with Crippen molar-refractivity contribution >= 4 is 28.3 Å². The van der Waals surface area contributed by atoms with Gasteiger partial charge in [-0.3, -0.25) is 9.69 Å². The zero-order valence-corrected chi connectivity index (χ0v) is 20.7. The topological polar surface area (TPSA) is 75.4 Å². The zero-order valence-electron chi connectivity index (χ0n) is 19.9. The Morgan fingerprint density at radius 1 is 0.944 bits per heavy atom. The Morgan fingerprint density at radius 2 is 1.64 bits per heavy atom. The fraction of sp³-hybridized carbons (Fsp3) is 0.214. The summed E-state index contributed by atoms with van der Waals surface area (Å²) in [5.74, 6) is -0.00875. The number of hydrogen-bond acceptors (Lipinski definition) is 7. The fourth-order valence-electron chi connectivity index (χ4n) is 4.62. The standard InChI is InChI=1S/C28H25N5O2S/c1-19-25-23(16-24(30-26(25)35-31-19)20-8-4-2-5-9-20)28(34)33-14-12-32(13-15-33)17-22-18-36-27(29-22)21-10-6-3-7-11-21/h2-11,16,18H,12-15,17H2,1H3. The number of amides is 1. The number of aromatic nitrogens is 3. The quantitative estimate of drug-likeness (QED) is 0.330. The highest BCUT2D eigenvalue weighted by Crippen LogP contribution is 2.29. The monoisotopic (exact) mass is 495 g/mol. The van der Waals surface area contributed by atoms with Crippen LogP contribution in [-0.4, -0.2) is 57.0 Å². The van der Waals surface area contributed by atoms with Gasteiger partial charge in [-0.25, -0.2) is 9.97 Å². The predicted octanol–water partition coefficient (Wildman–Crippen LogP) is 5.28. The number of piperazine rings is 1. The summed E-state index contributed by atoms with van der Waals surface area (Å²) in [7, 11) is 0. The van der Waals surface area contributed by atoms with E-state index < -0.39 is 0 Å².